The predicted octanol–water partition coefficient (Wildman–Crippen LogP) is 3.40. The molecule has 3 N–H and O–H groups in total. The number of aromatic nitrogens is 4. The fourth-order valence-electron chi connectivity index (χ4n) is 3.79. The Balaban J connectivity index is 1.43. The molecule has 142 valence electrons. The van der Waals surface area contributed by atoms with E-state index >= 15 is 0 Å². The highest BCUT2D eigenvalue weighted by molar-refractivity contribution is 5.79. The third kappa shape index (κ3) is 3.95. The number of rotatable bonds is 5. The molecule has 6 nitrogen and oxygen atoms in total. The molecule has 0 saturated carbocycles. The molecular weight excluding hydrogens is 336 g/mol. The Morgan fingerprint density at radius 1 is 1.15 bits per heavy atom. The summed E-state index contributed by atoms with van der Waals surface area (Å²) in [5, 5.41) is 6.92. The lowest BCUT2D eigenvalue weighted by atomic mass is 9.96. The molecule has 3 aromatic rings. The van der Waals surface area contributed by atoms with E-state index in [9.17, 15) is 0 Å². The lowest BCUT2D eigenvalue weighted by Crippen LogP contribution is -2.29. The van der Waals surface area contributed by atoms with Crippen LogP contribution in [0.2, 0.25) is 0 Å². The first kappa shape index (κ1) is 17.9. The maximum absolute atomic E-state index is 4.78. The SMILES string of the molecule is Cc1nc(NCCc2nc3c(C)c(C)ccc3[nH]2)cc(C2CCCNC2)n1. The zero-order valence-electron chi connectivity index (χ0n) is 16.4. The van der Waals surface area contributed by atoms with Gasteiger partial charge in [-0.15, -0.1) is 0 Å². The quantitative estimate of drug-likeness (QED) is 0.647. The second kappa shape index (κ2) is 7.64. The van der Waals surface area contributed by atoms with Crippen molar-refractivity contribution in [2.75, 3.05) is 25.0 Å². The molecule has 0 aliphatic carbocycles. The van der Waals surface area contributed by atoms with Crippen molar-refractivity contribution in [3.63, 3.8) is 0 Å². The van der Waals surface area contributed by atoms with Crippen LogP contribution in [0.25, 0.3) is 11.0 Å². The third-order valence-corrected chi connectivity index (χ3v) is 5.47. The monoisotopic (exact) mass is 364 g/mol. The van der Waals surface area contributed by atoms with E-state index < -0.39 is 0 Å². The molecule has 1 aromatic carbocycles. The molecule has 6 heteroatoms. The van der Waals surface area contributed by atoms with Gasteiger partial charge in [-0.1, -0.05) is 6.07 Å². The lowest BCUT2D eigenvalue weighted by Gasteiger charge is -2.22. The van der Waals surface area contributed by atoms with Crippen molar-refractivity contribution >= 4 is 16.9 Å². The minimum atomic E-state index is 0.489. The number of imidazole rings is 1. The van der Waals surface area contributed by atoms with E-state index in [2.05, 4.69) is 57.6 Å². The zero-order chi connectivity index (χ0) is 18.8. The molecule has 27 heavy (non-hydrogen) atoms. The summed E-state index contributed by atoms with van der Waals surface area (Å²) in [5.41, 5.74) is 5.86. The Kier molecular flexibility index (Phi) is 5.07. The van der Waals surface area contributed by atoms with Crippen LogP contribution in [0.4, 0.5) is 5.82 Å². The summed E-state index contributed by atoms with van der Waals surface area (Å²) in [6, 6.07) is 6.36. The number of nitrogens with zero attached hydrogens (tertiary/aromatic N) is 3. The molecule has 1 aliphatic heterocycles. The van der Waals surface area contributed by atoms with E-state index in [1.807, 2.05) is 6.92 Å². The summed E-state index contributed by atoms with van der Waals surface area (Å²) in [5.74, 6) is 3.23. The van der Waals surface area contributed by atoms with Crippen molar-refractivity contribution in [2.24, 2.45) is 0 Å². The summed E-state index contributed by atoms with van der Waals surface area (Å²) < 4.78 is 0. The summed E-state index contributed by atoms with van der Waals surface area (Å²) >= 11 is 0. The van der Waals surface area contributed by atoms with Crippen LogP contribution < -0.4 is 10.6 Å². The molecule has 2 aromatic heterocycles. The van der Waals surface area contributed by atoms with Gasteiger partial charge in [-0.3, -0.25) is 0 Å². The van der Waals surface area contributed by atoms with Gasteiger partial charge in [0.25, 0.3) is 0 Å². The topological polar surface area (TPSA) is 78.5 Å². The Labute approximate surface area is 160 Å². The van der Waals surface area contributed by atoms with Gasteiger partial charge >= 0.3 is 0 Å². The Bertz CT molecular complexity index is 939. The second-order valence-electron chi connectivity index (χ2n) is 7.53. The Hall–Kier alpha value is -2.47. The fraction of sp³-hybridized carbons (Fsp3) is 0.476. The van der Waals surface area contributed by atoms with Crippen LogP contribution in [0, 0.1) is 20.8 Å². The van der Waals surface area contributed by atoms with Gasteiger partial charge in [0.1, 0.15) is 17.5 Å². The fourth-order valence-corrected chi connectivity index (χ4v) is 3.79. The standard InChI is InChI=1S/C21H28N6/c1-13-6-7-17-21(14(13)2)27-19(26-17)8-10-23-20-11-18(24-15(3)25-20)16-5-4-9-22-12-16/h6-7,11,16,22H,4-5,8-10,12H2,1-3H3,(H,26,27)(H,23,24,25). The summed E-state index contributed by atoms with van der Waals surface area (Å²) in [7, 11) is 0. The van der Waals surface area contributed by atoms with Crippen molar-refractivity contribution in [1.29, 1.82) is 0 Å². The first-order valence-corrected chi connectivity index (χ1v) is 9.85. The highest BCUT2D eigenvalue weighted by atomic mass is 15.0. The van der Waals surface area contributed by atoms with Crippen LogP contribution in [-0.2, 0) is 6.42 Å². The summed E-state index contributed by atoms with van der Waals surface area (Å²) in [6.07, 6.45) is 3.23. The van der Waals surface area contributed by atoms with Gasteiger partial charge in [-0.05, 0) is 57.4 Å². The van der Waals surface area contributed by atoms with E-state index in [0.29, 0.717) is 5.92 Å². The summed E-state index contributed by atoms with van der Waals surface area (Å²) in [4.78, 5) is 17.4. The van der Waals surface area contributed by atoms with Crippen LogP contribution in [-0.4, -0.2) is 39.6 Å². The maximum Gasteiger partial charge on any atom is 0.129 e. The molecule has 0 amide bonds. The van der Waals surface area contributed by atoms with Gasteiger partial charge < -0.3 is 15.6 Å². The summed E-state index contributed by atoms with van der Waals surface area (Å²) in [6.45, 7) is 9.13. The number of aryl methyl sites for hydroxylation is 3. The van der Waals surface area contributed by atoms with Gasteiger partial charge in [0.2, 0.25) is 0 Å². The highest BCUT2D eigenvalue weighted by Gasteiger charge is 2.17. The van der Waals surface area contributed by atoms with Crippen LogP contribution in [0.1, 0.15) is 47.2 Å². The third-order valence-electron chi connectivity index (χ3n) is 5.47. The molecule has 0 radical (unpaired) electrons. The molecular formula is C21H28N6. The maximum atomic E-state index is 4.78. The zero-order valence-corrected chi connectivity index (χ0v) is 16.4. The van der Waals surface area contributed by atoms with Crippen LogP contribution >= 0.6 is 0 Å². The number of hydrogen-bond donors (Lipinski definition) is 3. The average Bonchev–Trinajstić information content (AvgIpc) is 3.09. The first-order chi connectivity index (χ1) is 13.1. The largest absolute Gasteiger partial charge is 0.370 e. The number of piperidine rings is 1. The number of hydrogen-bond acceptors (Lipinski definition) is 5. The number of aromatic amines is 1. The number of H-pyrrole nitrogens is 1. The van der Waals surface area contributed by atoms with Crippen molar-refractivity contribution in [2.45, 2.75) is 46.0 Å². The molecule has 0 bridgehead atoms. The van der Waals surface area contributed by atoms with Crippen LogP contribution in [0.5, 0.6) is 0 Å². The molecule has 4 rings (SSSR count). The van der Waals surface area contributed by atoms with Crippen molar-refractivity contribution < 1.29 is 0 Å². The molecule has 1 fully saturated rings. The number of benzene rings is 1. The molecule has 0 spiro atoms. The van der Waals surface area contributed by atoms with Crippen LogP contribution in [0.3, 0.4) is 0 Å². The molecule has 1 aliphatic rings. The predicted molar refractivity (Wildman–Crippen MR) is 109 cm³/mol. The van der Waals surface area contributed by atoms with Crippen molar-refractivity contribution in [3.8, 4) is 0 Å². The Morgan fingerprint density at radius 2 is 2.04 bits per heavy atom. The number of fused-ring (bicyclic) bond motifs is 1. The van der Waals surface area contributed by atoms with E-state index in [0.717, 1.165) is 60.2 Å². The number of nitrogens with one attached hydrogen (secondary N) is 3. The van der Waals surface area contributed by atoms with Gasteiger partial charge in [0.05, 0.1) is 16.7 Å². The van der Waals surface area contributed by atoms with E-state index in [4.69, 9.17) is 4.98 Å². The first-order valence-electron chi connectivity index (χ1n) is 9.85. The molecule has 3 heterocycles. The van der Waals surface area contributed by atoms with Crippen molar-refractivity contribution in [1.82, 2.24) is 25.3 Å². The highest BCUT2D eigenvalue weighted by Crippen LogP contribution is 2.23. The Morgan fingerprint density at radius 3 is 2.85 bits per heavy atom. The molecule has 1 atom stereocenters. The van der Waals surface area contributed by atoms with Crippen LogP contribution in [0.15, 0.2) is 18.2 Å². The minimum Gasteiger partial charge on any atom is -0.370 e. The second-order valence-corrected chi connectivity index (χ2v) is 7.53. The van der Waals surface area contributed by atoms with Gasteiger partial charge in [-0.25, -0.2) is 15.0 Å². The van der Waals surface area contributed by atoms with Gasteiger partial charge in [0, 0.05) is 31.5 Å². The number of anilines is 1. The van der Waals surface area contributed by atoms with E-state index in [1.165, 1.54) is 24.0 Å². The molecule has 1 unspecified atom stereocenters. The minimum absolute atomic E-state index is 0.489. The van der Waals surface area contributed by atoms with Gasteiger partial charge in [-0.2, -0.15) is 0 Å². The lowest BCUT2D eigenvalue weighted by molar-refractivity contribution is 0.453. The normalized spacial score (nSPS) is 17.4. The van der Waals surface area contributed by atoms with Gasteiger partial charge in [0.15, 0.2) is 0 Å². The van der Waals surface area contributed by atoms with E-state index in [-0.39, 0.29) is 0 Å². The molecule has 1 saturated heterocycles. The smallest absolute Gasteiger partial charge is 0.129 e. The van der Waals surface area contributed by atoms with Crippen molar-refractivity contribution in [3.05, 3.63) is 46.7 Å². The average molecular weight is 364 g/mol. The van der Waals surface area contributed by atoms with E-state index in [1.54, 1.807) is 0 Å².